The first-order chi connectivity index (χ1) is 12.7. The van der Waals surface area contributed by atoms with Crippen molar-refractivity contribution >= 4 is 39.8 Å². The van der Waals surface area contributed by atoms with Gasteiger partial charge in [0.05, 0.1) is 24.2 Å². The molecule has 9 heteroatoms. The summed E-state index contributed by atoms with van der Waals surface area (Å²) in [7, 11) is 1.58. The number of nitrogens with zero attached hydrogens (tertiary/aromatic N) is 2. The molecule has 7 nitrogen and oxygen atoms in total. The second-order valence-electron chi connectivity index (χ2n) is 5.84. The molecule has 0 radical (unpaired) electrons. The summed E-state index contributed by atoms with van der Waals surface area (Å²) in [5.41, 5.74) is 0.656. The van der Waals surface area contributed by atoms with Gasteiger partial charge in [0, 0.05) is 13.2 Å². The Morgan fingerprint density at radius 2 is 2.31 bits per heavy atom. The van der Waals surface area contributed by atoms with E-state index in [2.05, 4.69) is 20.8 Å². The van der Waals surface area contributed by atoms with E-state index in [-0.39, 0.29) is 17.3 Å². The zero-order chi connectivity index (χ0) is 18.4. The minimum Gasteiger partial charge on any atom is -0.495 e. The number of aromatic nitrogens is 2. The number of benzene rings is 1. The van der Waals surface area contributed by atoms with Crippen LogP contribution in [0.2, 0.25) is 0 Å². The molecular formula is C17H22N4O3S2. The van der Waals surface area contributed by atoms with E-state index in [0.29, 0.717) is 11.4 Å². The number of carbonyl (C=O) groups is 1. The van der Waals surface area contributed by atoms with Crippen LogP contribution in [0.15, 0.2) is 28.6 Å². The molecule has 26 heavy (non-hydrogen) atoms. The molecular weight excluding hydrogens is 372 g/mol. The number of ether oxygens (including phenoxy) is 2. The lowest BCUT2D eigenvalue weighted by atomic mass is 10.2. The van der Waals surface area contributed by atoms with Crippen LogP contribution in [0, 0.1) is 0 Å². The number of hydrogen-bond acceptors (Lipinski definition) is 8. The van der Waals surface area contributed by atoms with E-state index in [1.807, 2.05) is 31.2 Å². The Balaban J connectivity index is 1.50. The van der Waals surface area contributed by atoms with Crippen molar-refractivity contribution in [2.75, 3.05) is 30.9 Å². The zero-order valence-electron chi connectivity index (χ0n) is 14.7. The van der Waals surface area contributed by atoms with Crippen LogP contribution in [-0.4, -0.2) is 47.7 Å². The van der Waals surface area contributed by atoms with Crippen LogP contribution < -0.4 is 15.4 Å². The van der Waals surface area contributed by atoms with Crippen LogP contribution >= 0.6 is 23.1 Å². The summed E-state index contributed by atoms with van der Waals surface area (Å²) in [6.45, 7) is 3.42. The summed E-state index contributed by atoms with van der Waals surface area (Å²) in [5.74, 6) is 0.526. The number of hydrogen-bond donors (Lipinski definition) is 2. The number of anilines is 2. The van der Waals surface area contributed by atoms with E-state index in [4.69, 9.17) is 9.47 Å². The predicted molar refractivity (Wildman–Crippen MR) is 104 cm³/mol. The summed E-state index contributed by atoms with van der Waals surface area (Å²) in [6, 6.07) is 7.34. The van der Waals surface area contributed by atoms with Gasteiger partial charge >= 0.3 is 0 Å². The number of thioether (sulfide) groups is 1. The minimum atomic E-state index is -0.307. The maximum atomic E-state index is 12.4. The van der Waals surface area contributed by atoms with Crippen molar-refractivity contribution in [1.29, 1.82) is 0 Å². The smallest absolute Gasteiger partial charge is 0.237 e. The second-order valence-corrected chi connectivity index (χ2v) is 8.40. The molecule has 0 bridgehead atoms. The van der Waals surface area contributed by atoms with Gasteiger partial charge < -0.3 is 20.1 Å². The quantitative estimate of drug-likeness (QED) is 0.665. The first-order valence-corrected chi connectivity index (χ1v) is 10.1. The molecule has 140 valence electrons. The van der Waals surface area contributed by atoms with Crippen LogP contribution in [0.5, 0.6) is 5.75 Å². The standard InChI is InChI=1S/C17H22N4O3S2/c1-11(15(22)19-13-7-3-4-8-14(13)23-2)25-17-21-20-16(26-17)18-10-12-6-5-9-24-12/h3-4,7-8,11-12H,5-6,9-10H2,1-2H3,(H,18,20)(H,19,22)/t11-,12-/m0/s1. The van der Waals surface area contributed by atoms with Gasteiger partial charge in [-0.15, -0.1) is 10.2 Å². The number of methoxy groups -OCH3 is 1. The van der Waals surface area contributed by atoms with Gasteiger partial charge in [0.2, 0.25) is 11.0 Å². The van der Waals surface area contributed by atoms with E-state index >= 15 is 0 Å². The monoisotopic (exact) mass is 394 g/mol. The molecule has 2 atom stereocenters. The first-order valence-electron chi connectivity index (χ1n) is 8.45. The average Bonchev–Trinajstić information content (AvgIpc) is 3.32. The van der Waals surface area contributed by atoms with Crippen molar-refractivity contribution in [2.24, 2.45) is 0 Å². The summed E-state index contributed by atoms with van der Waals surface area (Å²) in [5, 5.41) is 14.9. The van der Waals surface area contributed by atoms with Gasteiger partial charge in [0.1, 0.15) is 5.75 Å². The number of rotatable bonds is 8. The third-order valence-corrected chi connectivity index (χ3v) is 5.99. The fraction of sp³-hybridized carbons (Fsp3) is 0.471. The minimum absolute atomic E-state index is 0.108. The third kappa shape index (κ3) is 5.09. The van der Waals surface area contributed by atoms with E-state index in [1.54, 1.807) is 7.11 Å². The van der Waals surface area contributed by atoms with Gasteiger partial charge in [0.15, 0.2) is 4.34 Å². The Kier molecular flexibility index (Phi) is 6.70. The molecule has 3 rings (SSSR count). The highest BCUT2D eigenvalue weighted by molar-refractivity contribution is 8.02. The van der Waals surface area contributed by atoms with Gasteiger partial charge in [-0.25, -0.2) is 0 Å². The van der Waals surface area contributed by atoms with Crippen LogP contribution in [0.3, 0.4) is 0 Å². The molecule has 0 unspecified atom stereocenters. The molecule has 0 aliphatic carbocycles. The summed E-state index contributed by atoms with van der Waals surface area (Å²) < 4.78 is 11.6. The number of nitrogens with one attached hydrogen (secondary N) is 2. The summed E-state index contributed by atoms with van der Waals surface area (Å²) in [4.78, 5) is 12.4. The van der Waals surface area contributed by atoms with Gasteiger partial charge in [-0.2, -0.15) is 0 Å². The molecule has 1 aromatic heterocycles. The normalized spacial score (nSPS) is 17.7. The topological polar surface area (TPSA) is 85.4 Å². The van der Waals surface area contributed by atoms with E-state index in [9.17, 15) is 4.79 Å². The Labute approximate surface area is 160 Å². The zero-order valence-corrected chi connectivity index (χ0v) is 16.4. The number of carbonyl (C=O) groups excluding carboxylic acids is 1. The van der Waals surface area contributed by atoms with Crippen LogP contribution in [0.4, 0.5) is 10.8 Å². The maximum absolute atomic E-state index is 12.4. The molecule has 0 saturated carbocycles. The van der Waals surface area contributed by atoms with Gasteiger partial charge in [-0.1, -0.05) is 35.2 Å². The molecule has 2 aromatic rings. The lowest BCUT2D eigenvalue weighted by Gasteiger charge is -2.12. The van der Waals surface area contributed by atoms with Crippen molar-refractivity contribution in [1.82, 2.24) is 10.2 Å². The Morgan fingerprint density at radius 3 is 3.08 bits per heavy atom. The molecule has 1 aromatic carbocycles. The van der Waals surface area contributed by atoms with Gasteiger partial charge in [-0.3, -0.25) is 4.79 Å². The Bertz CT molecular complexity index is 734. The highest BCUT2D eigenvalue weighted by Crippen LogP contribution is 2.30. The molecule has 1 aliphatic rings. The van der Waals surface area contributed by atoms with Crippen molar-refractivity contribution in [3.05, 3.63) is 24.3 Å². The van der Waals surface area contributed by atoms with E-state index in [1.165, 1.54) is 23.1 Å². The number of amides is 1. The molecule has 1 amide bonds. The lowest BCUT2D eigenvalue weighted by molar-refractivity contribution is -0.115. The van der Waals surface area contributed by atoms with Crippen LogP contribution in [0.1, 0.15) is 19.8 Å². The molecule has 1 aliphatic heterocycles. The third-order valence-electron chi connectivity index (χ3n) is 3.92. The fourth-order valence-corrected chi connectivity index (χ4v) is 4.43. The predicted octanol–water partition coefficient (Wildman–Crippen LogP) is 3.26. The molecule has 2 heterocycles. The highest BCUT2D eigenvalue weighted by atomic mass is 32.2. The Morgan fingerprint density at radius 1 is 1.46 bits per heavy atom. The molecule has 1 saturated heterocycles. The highest BCUT2D eigenvalue weighted by Gasteiger charge is 2.19. The van der Waals surface area contributed by atoms with Crippen molar-refractivity contribution in [2.45, 2.75) is 35.5 Å². The van der Waals surface area contributed by atoms with Gasteiger partial charge in [0.25, 0.3) is 0 Å². The largest absolute Gasteiger partial charge is 0.495 e. The maximum Gasteiger partial charge on any atom is 0.237 e. The summed E-state index contributed by atoms with van der Waals surface area (Å²) in [6.07, 6.45) is 2.44. The van der Waals surface area contributed by atoms with Crippen molar-refractivity contribution < 1.29 is 14.3 Å². The van der Waals surface area contributed by atoms with Crippen LogP contribution in [-0.2, 0) is 9.53 Å². The lowest BCUT2D eigenvalue weighted by Crippen LogP contribution is -2.22. The average molecular weight is 395 g/mol. The van der Waals surface area contributed by atoms with Crippen LogP contribution in [0.25, 0.3) is 0 Å². The van der Waals surface area contributed by atoms with E-state index in [0.717, 1.165) is 35.5 Å². The first kappa shape index (κ1) is 18.9. The fourth-order valence-electron chi connectivity index (χ4n) is 2.52. The Hall–Kier alpha value is -1.84. The second kappa shape index (κ2) is 9.20. The van der Waals surface area contributed by atoms with Crippen molar-refractivity contribution in [3.63, 3.8) is 0 Å². The molecule has 2 N–H and O–H groups in total. The molecule has 0 spiro atoms. The summed E-state index contributed by atoms with van der Waals surface area (Å²) >= 11 is 2.83. The van der Waals surface area contributed by atoms with E-state index < -0.39 is 0 Å². The van der Waals surface area contributed by atoms with Gasteiger partial charge in [-0.05, 0) is 31.9 Å². The molecule has 1 fully saturated rings. The van der Waals surface area contributed by atoms with Crippen molar-refractivity contribution in [3.8, 4) is 5.75 Å². The SMILES string of the molecule is COc1ccccc1NC(=O)[C@H](C)Sc1nnc(NC[C@@H]2CCCO2)s1. The number of para-hydroxylation sites is 2.